The van der Waals surface area contributed by atoms with Gasteiger partial charge in [0.05, 0.1) is 30.8 Å². The van der Waals surface area contributed by atoms with Crippen LogP contribution in [0.15, 0.2) is 12.2 Å². The molecule has 326 valence electrons. The monoisotopic (exact) mass is 818 g/mol. The minimum absolute atomic E-state index is 0.112. The van der Waals surface area contributed by atoms with Crippen LogP contribution >= 0.6 is 0 Å². The largest absolute Gasteiger partial charge is 0.432 e. The summed E-state index contributed by atoms with van der Waals surface area (Å²) in [6.45, 7) is 8.65. The highest BCUT2D eigenvalue weighted by Gasteiger charge is 2.72. The fourth-order valence-corrected chi connectivity index (χ4v) is 12.5. The summed E-state index contributed by atoms with van der Waals surface area (Å²) in [4.78, 5) is 14.2. The number of rotatable bonds is 9. The first-order valence-corrected chi connectivity index (χ1v) is 20.3. The molecule has 22 atom stereocenters. The Labute approximate surface area is 330 Å². The van der Waals surface area contributed by atoms with Gasteiger partial charge in [-0.1, -0.05) is 26.8 Å². The molecule has 0 amide bonds. The molecule has 4 aliphatic carbocycles. The lowest BCUT2D eigenvalue weighted by molar-refractivity contribution is -0.372. The third-order valence-corrected chi connectivity index (χ3v) is 15.7. The van der Waals surface area contributed by atoms with Crippen molar-refractivity contribution in [1.82, 2.24) is 0 Å². The smallest absolute Gasteiger partial charge is 0.314 e. The molecule has 1 spiro atoms. The van der Waals surface area contributed by atoms with Gasteiger partial charge in [-0.15, -0.1) is 0 Å². The van der Waals surface area contributed by atoms with Gasteiger partial charge in [0.1, 0.15) is 73.2 Å². The summed E-state index contributed by atoms with van der Waals surface area (Å²) < 4.78 is 35.4. The second-order valence-electron chi connectivity index (χ2n) is 18.3. The van der Waals surface area contributed by atoms with E-state index >= 15 is 0 Å². The highest BCUT2D eigenvalue weighted by Crippen LogP contribution is 2.75. The van der Waals surface area contributed by atoms with Gasteiger partial charge in [-0.05, 0) is 86.0 Å². The summed E-state index contributed by atoms with van der Waals surface area (Å²) in [5.41, 5.74) is -1.84. The highest BCUT2D eigenvalue weighted by molar-refractivity contribution is 5.77. The summed E-state index contributed by atoms with van der Waals surface area (Å²) in [5, 5.41) is 115. The second-order valence-corrected chi connectivity index (χ2v) is 18.3. The summed E-state index contributed by atoms with van der Waals surface area (Å²) in [6, 6.07) is 0. The number of esters is 1. The Morgan fingerprint density at radius 3 is 1.84 bits per heavy atom. The van der Waals surface area contributed by atoms with E-state index in [1.54, 1.807) is 0 Å². The van der Waals surface area contributed by atoms with Crippen LogP contribution in [0.4, 0.5) is 0 Å². The molecule has 18 nitrogen and oxygen atoms in total. The first kappa shape index (κ1) is 43.7. The van der Waals surface area contributed by atoms with Gasteiger partial charge in [0.25, 0.3) is 0 Å². The Balaban J connectivity index is 1.10. The molecule has 0 aromatic carbocycles. The number of ether oxygens (including phenoxy) is 6. The van der Waals surface area contributed by atoms with Crippen molar-refractivity contribution in [3.63, 3.8) is 0 Å². The number of carbonyl (C=O) groups is 1. The molecule has 7 rings (SSSR count). The predicted octanol–water partition coefficient (Wildman–Crippen LogP) is -2.69. The van der Waals surface area contributed by atoms with Crippen molar-refractivity contribution >= 4 is 5.97 Å². The van der Waals surface area contributed by atoms with Gasteiger partial charge in [0.2, 0.25) is 6.29 Å². The molecule has 0 aromatic rings. The van der Waals surface area contributed by atoms with Gasteiger partial charge < -0.3 is 84.6 Å². The maximum absolute atomic E-state index is 14.2. The number of aliphatic hydroxyl groups excluding tert-OH is 11. The van der Waals surface area contributed by atoms with Crippen LogP contribution < -0.4 is 0 Å². The van der Waals surface area contributed by atoms with Crippen LogP contribution in [0.3, 0.4) is 0 Å². The number of aliphatic hydroxyl groups is 11. The molecule has 16 unspecified atom stereocenters. The minimum atomic E-state index is -1.81. The molecule has 7 fully saturated rings. The molecule has 0 radical (unpaired) electrons. The van der Waals surface area contributed by atoms with Gasteiger partial charge in [-0.3, -0.25) is 4.79 Å². The van der Waals surface area contributed by atoms with Gasteiger partial charge in [-0.25, -0.2) is 0 Å². The SMILES string of the molecule is C=C1C[C@@]23CCC4[C@](C)(C(=O)OC5OC(CO)C(O)C(O)C5O)CCC[C@@]4(C)[C@@H]2CC[C@]1(OC1OC(CO)C(O)C(OC2OC(CO)C(O)C(O)C2O)C1O)[C@@H]3C. The molecule has 3 heterocycles. The molecule has 4 saturated carbocycles. The van der Waals surface area contributed by atoms with E-state index in [0.29, 0.717) is 38.5 Å². The summed E-state index contributed by atoms with van der Waals surface area (Å²) in [7, 11) is 0. The van der Waals surface area contributed by atoms with Crippen LogP contribution in [0.1, 0.15) is 72.1 Å². The van der Waals surface area contributed by atoms with Crippen LogP contribution in [0.25, 0.3) is 0 Å². The third kappa shape index (κ3) is 6.65. The third-order valence-electron chi connectivity index (χ3n) is 15.7. The summed E-state index contributed by atoms with van der Waals surface area (Å²) in [6.07, 6.45) is -18.4. The second kappa shape index (κ2) is 15.8. The number of fused-ring (bicyclic) bond motifs is 3. The van der Waals surface area contributed by atoms with E-state index in [-0.39, 0.29) is 28.6 Å². The molecule has 7 aliphatic rings. The molecular weight excluding hydrogens is 756 g/mol. The van der Waals surface area contributed by atoms with Crippen molar-refractivity contribution in [2.24, 2.45) is 34.0 Å². The first-order chi connectivity index (χ1) is 26.8. The molecule has 3 aliphatic heterocycles. The van der Waals surface area contributed by atoms with E-state index in [1.165, 1.54) is 0 Å². The Bertz CT molecular complexity index is 1480. The molecule has 18 heteroatoms. The Hall–Kier alpha value is -1.43. The Morgan fingerprint density at radius 2 is 1.23 bits per heavy atom. The zero-order valence-electron chi connectivity index (χ0n) is 32.7. The molecular formula is C39H62O18. The van der Waals surface area contributed by atoms with Crippen molar-refractivity contribution in [2.75, 3.05) is 19.8 Å². The van der Waals surface area contributed by atoms with Crippen molar-refractivity contribution in [2.45, 2.75) is 170 Å². The quantitative estimate of drug-likeness (QED) is 0.0641. The zero-order chi connectivity index (χ0) is 41.6. The highest BCUT2D eigenvalue weighted by atomic mass is 16.7. The maximum atomic E-state index is 14.2. The summed E-state index contributed by atoms with van der Waals surface area (Å²) >= 11 is 0. The maximum Gasteiger partial charge on any atom is 0.314 e. The van der Waals surface area contributed by atoms with Crippen LogP contribution in [0.5, 0.6) is 0 Å². The molecule has 0 aromatic heterocycles. The van der Waals surface area contributed by atoms with Crippen molar-refractivity contribution in [1.29, 1.82) is 0 Å². The predicted molar refractivity (Wildman–Crippen MR) is 191 cm³/mol. The first-order valence-electron chi connectivity index (χ1n) is 20.3. The zero-order valence-corrected chi connectivity index (χ0v) is 32.7. The van der Waals surface area contributed by atoms with Crippen LogP contribution in [0.2, 0.25) is 0 Å². The van der Waals surface area contributed by atoms with E-state index < -0.39 is 129 Å². The van der Waals surface area contributed by atoms with Crippen molar-refractivity contribution < 1.29 is 89.4 Å². The van der Waals surface area contributed by atoms with Crippen LogP contribution in [-0.2, 0) is 33.2 Å². The van der Waals surface area contributed by atoms with Crippen LogP contribution in [0, 0.1) is 34.0 Å². The fraction of sp³-hybridized carbons (Fsp3) is 0.923. The van der Waals surface area contributed by atoms with Gasteiger partial charge in [0.15, 0.2) is 12.6 Å². The molecule has 2 bridgehead atoms. The lowest BCUT2D eigenvalue weighted by atomic mass is 9.39. The summed E-state index contributed by atoms with van der Waals surface area (Å²) in [5.74, 6) is -0.762. The fourth-order valence-electron chi connectivity index (χ4n) is 12.5. The van der Waals surface area contributed by atoms with E-state index in [0.717, 1.165) is 18.4 Å². The number of hydrogen-bond acceptors (Lipinski definition) is 18. The topological polar surface area (TPSA) is 295 Å². The lowest BCUT2D eigenvalue weighted by Crippen LogP contribution is -2.66. The average Bonchev–Trinajstić information content (AvgIpc) is 3.28. The Kier molecular flexibility index (Phi) is 12.1. The lowest BCUT2D eigenvalue weighted by Gasteiger charge is -2.65. The average molecular weight is 819 g/mol. The number of carbonyl (C=O) groups excluding carboxylic acids is 1. The van der Waals surface area contributed by atoms with Gasteiger partial charge in [0, 0.05) is 0 Å². The van der Waals surface area contributed by atoms with Gasteiger partial charge >= 0.3 is 5.97 Å². The van der Waals surface area contributed by atoms with E-state index in [9.17, 15) is 61.0 Å². The van der Waals surface area contributed by atoms with Gasteiger partial charge in [-0.2, -0.15) is 0 Å². The normalized spacial score (nSPS) is 55.2. The standard InChI is InChI=1S/C39H62O18/c1-16-12-38-10-6-21-36(3,8-5-9-37(21,4)35(51)56-33-29(49)27(47)24(44)19(14-41)53-33)22(38)7-11-39(16,17(38)2)57-34-30(50)31(25(45)20(15-42)54-34)55-32-28(48)26(46)23(43)18(13-40)52-32/h17-34,40-50H,1,5-15H2,2-4H3/t17-,18?,19?,20?,21?,22+,23?,24?,25?,26?,27?,28?,29?,30?,31?,32?,33?,34?,36-,37-,38-,39-/m1/s1. The minimum Gasteiger partial charge on any atom is -0.432 e. The molecule has 57 heavy (non-hydrogen) atoms. The van der Waals surface area contributed by atoms with E-state index in [2.05, 4.69) is 20.4 Å². The van der Waals surface area contributed by atoms with Crippen molar-refractivity contribution in [3.05, 3.63) is 12.2 Å². The Morgan fingerprint density at radius 1 is 0.684 bits per heavy atom. The van der Waals surface area contributed by atoms with Crippen molar-refractivity contribution in [3.8, 4) is 0 Å². The number of hydrogen-bond donors (Lipinski definition) is 11. The van der Waals surface area contributed by atoms with E-state index in [4.69, 9.17) is 28.4 Å². The van der Waals surface area contributed by atoms with Crippen LogP contribution in [-0.4, -0.2) is 180 Å². The van der Waals surface area contributed by atoms with E-state index in [1.807, 2.05) is 6.92 Å². The molecule has 11 N–H and O–H groups in total. The molecule has 3 saturated heterocycles.